The van der Waals surface area contributed by atoms with Crippen molar-refractivity contribution < 1.29 is 83.6 Å². The summed E-state index contributed by atoms with van der Waals surface area (Å²) in [4.78, 5) is 81.0. The fourth-order valence-electron chi connectivity index (χ4n) is 5.38. The zero-order valence-electron chi connectivity index (χ0n) is 33.8. The number of hydrogen-bond acceptors (Lipinski definition) is 22. The third kappa shape index (κ3) is 16.7. The highest BCUT2D eigenvalue weighted by Gasteiger charge is 2.26. The second kappa shape index (κ2) is 24.0. The number of rotatable bonds is 27. The molecule has 0 bridgehead atoms. The number of halogens is 2. The van der Waals surface area contributed by atoms with E-state index in [1.807, 2.05) is 0 Å². The van der Waals surface area contributed by atoms with Crippen molar-refractivity contribution in [3.63, 3.8) is 0 Å². The van der Waals surface area contributed by atoms with Crippen molar-refractivity contribution in [3.05, 3.63) is 114 Å². The molecule has 0 aliphatic rings. The number of hydrogen-bond donors (Lipinski definition) is 4. The van der Waals surface area contributed by atoms with Crippen LogP contribution in [0.3, 0.4) is 0 Å². The van der Waals surface area contributed by atoms with Crippen molar-refractivity contribution in [2.45, 2.75) is 60.8 Å². The Morgan fingerprint density at radius 1 is 0.652 bits per heavy atom. The Kier molecular flexibility index (Phi) is 18.9. The zero-order valence-corrected chi connectivity index (χ0v) is 36.9. The van der Waals surface area contributed by atoms with Crippen molar-refractivity contribution >= 4 is 78.5 Å². The number of benzene rings is 2. The molecule has 0 spiro atoms. The fraction of sp³-hybridized carbons (Fsp3) is 0.333. The molecule has 0 saturated heterocycles. The van der Waals surface area contributed by atoms with Crippen LogP contribution in [0.2, 0.25) is 10.0 Å². The van der Waals surface area contributed by atoms with E-state index in [4.69, 9.17) is 61.3 Å². The van der Waals surface area contributed by atoms with Crippen LogP contribution in [0.1, 0.15) is 57.9 Å². The van der Waals surface area contributed by atoms with Crippen molar-refractivity contribution in [1.82, 2.24) is 0 Å². The van der Waals surface area contributed by atoms with Gasteiger partial charge >= 0.3 is 23.9 Å². The minimum absolute atomic E-state index is 0.0189. The molecule has 2 unspecified atom stereocenters. The van der Waals surface area contributed by atoms with Gasteiger partial charge in [-0.25, -0.2) is 36.7 Å². The maximum absolute atomic E-state index is 13.1. The summed E-state index contributed by atoms with van der Waals surface area (Å²) in [5, 5.41) is 35.4. The molecule has 0 saturated carbocycles. The highest BCUT2D eigenvalue weighted by atomic mass is 35.5. The molecule has 0 aliphatic carbocycles. The molecule has 4 rings (SSSR count). The van der Waals surface area contributed by atoms with Gasteiger partial charge in [-0.3, -0.25) is 9.59 Å². The number of esters is 4. The quantitative estimate of drug-likeness (QED) is 0.0287. The number of anilines is 2. The molecule has 66 heavy (non-hydrogen) atoms. The maximum Gasteiger partial charge on any atom is 0.340 e. The molecule has 2 aromatic carbocycles. The van der Waals surface area contributed by atoms with Gasteiger partial charge in [-0.1, -0.05) is 23.2 Å². The predicted octanol–water partition coefficient (Wildman–Crippen LogP) is 3.51. The van der Waals surface area contributed by atoms with Gasteiger partial charge < -0.3 is 48.1 Å². The molecule has 26 nitrogen and oxygen atoms in total. The van der Waals surface area contributed by atoms with E-state index in [0.29, 0.717) is 11.5 Å². The minimum Gasteiger partial charge on any atom is -0.467 e. The van der Waals surface area contributed by atoms with Gasteiger partial charge in [0.15, 0.2) is 0 Å². The van der Waals surface area contributed by atoms with Gasteiger partial charge in [0.05, 0.1) is 84.2 Å². The Hall–Kier alpha value is -6.72. The summed E-state index contributed by atoms with van der Waals surface area (Å²) in [5.74, 6) is -3.48. The average Bonchev–Trinajstić information content (AvgIpc) is 3.96. The normalized spacial score (nSPS) is 12.2. The van der Waals surface area contributed by atoms with Gasteiger partial charge in [0.1, 0.15) is 46.7 Å². The van der Waals surface area contributed by atoms with Crippen LogP contribution in [0.15, 0.2) is 79.7 Å². The SMILES string of the molecule is NS(=O)(=O)c1cc(C(=O)OCCC(COC(=O)CCC(=O)OCC(CCOC(=O)c2cc(S(N)(=O)=O)c(Cl)cc2NCc2ccco2)O[N+](=O)[O-])O[N+](=O)[O-])c(NCc2ccco2)cc1Cl. The van der Waals surface area contributed by atoms with E-state index in [0.717, 1.165) is 24.3 Å². The predicted molar refractivity (Wildman–Crippen MR) is 222 cm³/mol. The van der Waals surface area contributed by atoms with Crippen LogP contribution >= 0.6 is 23.2 Å². The number of nitrogens with two attached hydrogens (primary N) is 2. The van der Waals surface area contributed by atoms with Crippen molar-refractivity contribution in [1.29, 1.82) is 0 Å². The first-order valence-electron chi connectivity index (χ1n) is 18.6. The fourth-order valence-corrected chi connectivity index (χ4v) is 7.58. The Labute approximate surface area is 382 Å². The van der Waals surface area contributed by atoms with E-state index in [2.05, 4.69) is 20.3 Å². The second-order valence-corrected chi connectivity index (χ2v) is 17.1. The summed E-state index contributed by atoms with van der Waals surface area (Å²) in [6, 6.07) is 10.4. The number of furan rings is 2. The van der Waals surface area contributed by atoms with Crippen LogP contribution in [0.5, 0.6) is 0 Å². The number of nitrogens with one attached hydrogen (secondary N) is 2. The van der Waals surface area contributed by atoms with E-state index in [1.54, 1.807) is 24.3 Å². The largest absolute Gasteiger partial charge is 0.467 e. The summed E-state index contributed by atoms with van der Waals surface area (Å²) in [5.41, 5.74) is -0.626. The summed E-state index contributed by atoms with van der Waals surface area (Å²) >= 11 is 12.2. The van der Waals surface area contributed by atoms with E-state index < -0.39 is 128 Å². The molecule has 0 amide bonds. The summed E-state index contributed by atoms with van der Waals surface area (Å²) in [7, 11) is -8.80. The van der Waals surface area contributed by atoms with E-state index >= 15 is 0 Å². The van der Waals surface area contributed by atoms with Crippen molar-refractivity contribution in [3.8, 4) is 0 Å². The highest BCUT2D eigenvalue weighted by Crippen LogP contribution is 2.31. The topological polar surface area (TPSA) is 381 Å². The van der Waals surface area contributed by atoms with E-state index in [9.17, 15) is 56.2 Å². The van der Waals surface area contributed by atoms with Crippen LogP contribution in [0.4, 0.5) is 11.4 Å². The first kappa shape index (κ1) is 51.9. The number of primary sulfonamides is 2. The average molecular weight is 1010 g/mol. The molecule has 0 fully saturated rings. The molecule has 30 heteroatoms. The highest BCUT2D eigenvalue weighted by molar-refractivity contribution is 7.89. The van der Waals surface area contributed by atoms with Gasteiger partial charge in [0.2, 0.25) is 20.0 Å². The molecule has 2 aromatic heterocycles. The van der Waals surface area contributed by atoms with Gasteiger partial charge in [-0.15, -0.1) is 20.2 Å². The smallest absolute Gasteiger partial charge is 0.340 e. The summed E-state index contributed by atoms with van der Waals surface area (Å²) < 4.78 is 79.0. The van der Waals surface area contributed by atoms with Crippen molar-refractivity contribution in [2.75, 3.05) is 37.1 Å². The third-order valence-corrected chi connectivity index (χ3v) is 11.2. The first-order chi connectivity index (χ1) is 31.1. The number of sulfonamides is 2. The monoisotopic (exact) mass is 1010 g/mol. The van der Waals surface area contributed by atoms with Crippen LogP contribution in [0, 0.1) is 20.2 Å². The number of carbonyl (C=O) groups is 4. The van der Waals surface area contributed by atoms with Crippen LogP contribution < -0.4 is 20.9 Å². The lowest BCUT2D eigenvalue weighted by atomic mass is 10.1. The summed E-state index contributed by atoms with van der Waals surface area (Å²) in [6.45, 7) is -2.62. The van der Waals surface area contributed by atoms with Crippen LogP contribution in [0.25, 0.3) is 0 Å². The third-order valence-electron chi connectivity index (χ3n) is 8.47. The second-order valence-electron chi connectivity index (χ2n) is 13.2. The lowest BCUT2D eigenvalue weighted by Gasteiger charge is -2.17. The van der Waals surface area contributed by atoms with Crippen molar-refractivity contribution in [2.24, 2.45) is 10.3 Å². The van der Waals surface area contributed by atoms with Crippen LogP contribution in [-0.4, -0.2) is 89.5 Å². The molecule has 6 N–H and O–H groups in total. The van der Waals surface area contributed by atoms with Crippen LogP contribution in [-0.2, 0) is 71.3 Å². The van der Waals surface area contributed by atoms with Gasteiger partial charge in [0.25, 0.3) is 10.2 Å². The zero-order chi connectivity index (χ0) is 48.6. The Balaban J connectivity index is 1.26. The molecular weight excluding hydrogens is 971 g/mol. The van der Waals surface area contributed by atoms with E-state index in [1.165, 1.54) is 12.5 Å². The molecule has 2 atom stereocenters. The standard InChI is InChI=1S/C36H38Cl2N6O20S2/c37-27-15-29(41-17-21-3-1-9-57-21)25(13-31(27)65(39,53)54)35(47)59-11-7-23(63-43(49)50)19-61-33(45)5-6-34(46)62-20-24(64-44(51)52)8-12-60-36(48)26-14-32(66(40,55)56)28(38)16-30(26)42-18-22-4-2-10-58-22/h1-4,9-10,13-16,23-24,41-42H,5-8,11-12,17-20H2,(H2,39,53,54)(H2,40,55,56). The Morgan fingerprint density at radius 3 is 1.35 bits per heavy atom. The number of ether oxygens (including phenoxy) is 4. The Bertz CT molecular complexity index is 2420. The summed E-state index contributed by atoms with van der Waals surface area (Å²) in [6.07, 6.45) is -2.37. The van der Waals surface area contributed by atoms with Gasteiger partial charge in [-0.05, 0) is 48.5 Å². The molecule has 0 radical (unpaired) electrons. The number of nitrogens with zero attached hydrogens (tertiary/aromatic N) is 2. The molecular formula is C36H38Cl2N6O20S2. The minimum atomic E-state index is -4.40. The van der Waals surface area contributed by atoms with Gasteiger partial charge in [-0.2, -0.15) is 0 Å². The lowest BCUT2D eigenvalue weighted by Crippen LogP contribution is -2.28. The lowest BCUT2D eigenvalue weighted by molar-refractivity contribution is -0.769. The molecule has 358 valence electrons. The molecule has 0 aliphatic heterocycles. The Morgan fingerprint density at radius 2 is 1.03 bits per heavy atom. The molecule has 4 aromatic rings. The molecule has 2 heterocycles. The maximum atomic E-state index is 13.1. The first-order valence-corrected chi connectivity index (χ1v) is 22.5. The number of carbonyl (C=O) groups excluding carboxylic acids is 4. The van der Waals surface area contributed by atoms with Gasteiger partial charge in [0, 0.05) is 12.8 Å². The van der Waals surface area contributed by atoms with E-state index in [-0.39, 0.29) is 45.6 Å².